The molecular weight excluding hydrogens is 246 g/mol. The van der Waals surface area contributed by atoms with E-state index in [-0.39, 0.29) is 0 Å². The molecule has 1 saturated heterocycles. The lowest BCUT2D eigenvalue weighted by Crippen LogP contribution is -2.26. The van der Waals surface area contributed by atoms with E-state index in [1.165, 1.54) is 50.1 Å². The van der Waals surface area contributed by atoms with Crippen LogP contribution in [-0.4, -0.2) is 49.6 Å². The molecule has 3 heteroatoms. The highest BCUT2D eigenvalue weighted by molar-refractivity contribution is 5.46. The fourth-order valence-corrected chi connectivity index (χ4v) is 2.98. The van der Waals surface area contributed by atoms with Crippen LogP contribution in [0.5, 0.6) is 0 Å². The van der Waals surface area contributed by atoms with Crippen LogP contribution in [0.3, 0.4) is 0 Å². The SMILES string of the molecule is CCN1CCCC(Nc2cccc(CN(C)C)c2)CC1. The molecule has 1 fully saturated rings. The van der Waals surface area contributed by atoms with E-state index < -0.39 is 0 Å². The first-order valence-corrected chi connectivity index (χ1v) is 7.90. The summed E-state index contributed by atoms with van der Waals surface area (Å²) in [4.78, 5) is 4.77. The molecule has 0 amide bonds. The number of nitrogens with zero attached hydrogens (tertiary/aromatic N) is 2. The van der Waals surface area contributed by atoms with Gasteiger partial charge in [0.2, 0.25) is 0 Å². The largest absolute Gasteiger partial charge is 0.382 e. The predicted molar refractivity (Wildman–Crippen MR) is 87.2 cm³/mol. The molecule has 1 heterocycles. The average molecular weight is 275 g/mol. The van der Waals surface area contributed by atoms with E-state index in [0.29, 0.717) is 6.04 Å². The fraction of sp³-hybridized carbons (Fsp3) is 0.647. The maximum Gasteiger partial charge on any atom is 0.0345 e. The second kappa shape index (κ2) is 7.65. The van der Waals surface area contributed by atoms with Gasteiger partial charge in [-0.3, -0.25) is 0 Å². The Kier molecular flexibility index (Phi) is 5.86. The highest BCUT2D eigenvalue weighted by Crippen LogP contribution is 2.18. The van der Waals surface area contributed by atoms with Gasteiger partial charge in [0.25, 0.3) is 0 Å². The van der Waals surface area contributed by atoms with Gasteiger partial charge in [-0.05, 0) is 64.1 Å². The third kappa shape index (κ3) is 4.80. The zero-order valence-electron chi connectivity index (χ0n) is 13.2. The molecule has 0 aliphatic carbocycles. The Hall–Kier alpha value is -1.06. The molecule has 0 radical (unpaired) electrons. The van der Waals surface area contributed by atoms with Crippen molar-refractivity contribution in [2.75, 3.05) is 39.0 Å². The predicted octanol–water partition coefficient (Wildman–Crippen LogP) is 3.03. The molecule has 1 atom stereocenters. The van der Waals surface area contributed by atoms with Crippen molar-refractivity contribution in [3.05, 3.63) is 29.8 Å². The summed E-state index contributed by atoms with van der Waals surface area (Å²) in [6.07, 6.45) is 3.85. The van der Waals surface area contributed by atoms with Gasteiger partial charge < -0.3 is 15.1 Å². The molecule has 0 bridgehead atoms. The second-order valence-corrected chi connectivity index (χ2v) is 6.14. The first-order valence-electron chi connectivity index (χ1n) is 7.90. The molecule has 2 rings (SSSR count). The molecule has 1 N–H and O–H groups in total. The minimum absolute atomic E-state index is 0.626. The standard InChI is InChI=1S/C17H29N3/c1-4-20-11-6-9-16(10-12-20)18-17-8-5-7-15(13-17)14-19(2)3/h5,7-8,13,16,18H,4,6,9-12,14H2,1-3H3. The number of nitrogens with one attached hydrogen (secondary N) is 1. The van der Waals surface area contributed by atoms with E-state index in [0.717, 1.165) is 6.54 Å². The number of benzene rings is 1. The van der Waals surface area contributed by atoms with Crippen LogP contribution in [0.25, 0.3) is 0 Å². The van der Waals surface area contributed by atoms with E-state index >= 15 is 0 Å². The van der Waals surface area contributed by atoms with Crippen LogP contribution in [0, 0.1) is 0 Å². The molecule has 1 aromatic carbocycles. The summed E-state index contributed by atoms with van der Waals surface area (Å²) in [5, 5.41) is 3.73. The van der Waals surface area contributed by atoms with Gasteiger partial charge in [0.05, 0.1) is 0 Å². The number of anilines is 1. The van der Waals surface area contributed by atoms with Gasteiger partial charge in [-0.2, -0.15) is 0 Å². The van der Waals surface area contributed by atoms with Gasteiger partial charge in [-0.1, -0.05) is 19.1 Å². The van der Waals surface area contributed by atoms with Gasteiger partial charge in [-0.25, -0.2) is 0 Å². The van der Waals surface area contributed by atoms with Crippen LogP contribution < -0.4 is 5.32 Å². The molecule has 3 nitrogen and oxygen atoms in total. The molecule has 0 aromatic heterocycles. The number of hydrogen-bond donors (Lipinski definition) is 1. The van der Waals surface area contributed by atoms with Crippen LogP contribution in [0.2, 0.25) is 0 Å². The van der Waals surface area contributed by atoms with E-state index in [9.17, 15) is 0 Å². The van der Waals surface area contributed by atoms with Crippen molar-refractivity contribution >= 4 is 5.69 Å². The lowest BCUT2D eigenvalue weighted by Gasteiger charge is -2.20. The molecule has 1 aliphatic heterocycles. The maximum absolute atomic E-state index is 3.73. The minimum atomic E-state index is 0.626. The molecule has 0 saturated carbocycles. The first kappa shape index (κ1) is 15.3. The summed E-state index contributed by atoms with van der Waals surface area (Å²) in [7, 11) is 4.23. The topological polar surface area (TPSA) is 18.5 Å². The smallest absolute Gasteiger partial charge is 0.0345 e. The Morgan fingerprint density at radius 1 is 1.25 bits per heavy atom. The van der Waals surface area contributed by atoms with Gasteiger partial charge in [0.1, 0.15) is 0 Å². The zero-order valence-corrected chi connectivity index (χ0v) is 13.2. The average Bonchev–Trinajstić information content (AvgIpc) is 2.63. The van der Waals surface area contributed by atoms with Crippen LogP contribution in [0.4, 0.5) is 5.69 Å². The van der Waals surface area contributed by atoms with Gasteiger partial charge >= 0.3 is 0 Å². The van der Waals surface area contributed by atoms with Crippen LogP contribution >= 0.6 is 0 Å². The lowest BCUT2D eigenvalue weighted by atomic mass is 10.1. The third-order valence-corrected chi connectivity index (χ3v) is 4.06. The number of likely N-dealkylation sites (tertiary alicyclic amines) is 1. The van der Waals surface area contributed by atoms with Crippen LogP contribution in [0.15, 0.2) is 24.3 Å². The van der Waals surface area contributed by atoms with Crippen molar-refractivity contribution in [3.8, 4) is 0 Å². The summed E-state index contributed by atoms with van der Waals surface area (Å²) in [6.45, 7) is 6.94. The normalized spacial score (nSPS) is 20.9. The first-order chi connectivity index (χ1) is 9.67. The summed E-state index contributed by atoms with van der Waals surface area (Å²) in [5.41, 5.74) is 2.66. The summed E-state index contributed by atoms with van der Waals surface area (Å²) < 4.78 is 0. The van der Waals surface area contributed by atoms with Gasteiger partial charge in [-0.15, -0.1) is 0 Å². The quantitative estimate of drug-likeness (QED) is 0.891. The van der Waals surface area contributed by atoms with Crippen molar-refractivity contribution in [1.29, 1.82) is 0 Å². The highest BCUT2D eigenvalue weighted by atomic mass is 15.1. The van der Waals surface area contributed by atoms with Gasteiger partial charge in [0.15, 0.2) is 0 Å². The highest BCUT2D eigenvalue weighted by Gasteiger charge is 2.15. The number of rotatable bonds is 5. The molecule has 1 aliphatic rings. The second-order valence-electron chi connectivity index (χ2n) is 6.14. The van der Waals surface area contributed by atoms with E-state index in [4.69, 9.17) is 0 Å². The Bertz CT molecular complexity index is 403. The van der Waals surface area contributed by atoms with Gasteiger partial charge in [0, 0.05) is 24.8 Å². The van der Waals surface area contributed by atoms with Crippen LogP contribution in [-0.2, 0) is 6.54 Å². The fourth-order valence-electron chi connectivity index (χ4n) is 2.98. The summed E-state index contributed by atoms with van der Waals surface area (Å²) in [6, 6.07) is 9.48. The maximum atomic E-state index is 3.73. The van der Waals surface area contributed by atoms with Crippen LogP contribution in [0.1, 0.15) is 31.7 Å². The molecular formula is C17H29N3. The number of hydrogen-bond acceptors (Lipinski definition) is 3. The molecule has 20 heavy (non-hydrogen) atoms. The molecule has 0 spiro atoms. The Morgan fingerprint density at radius 3 is 2.85 bits per heavy atom. The Balaban J connectivity index is 1.92. The summed E-state index contributed by atoms with van der Waals surface area (Å²) >= 11 is 0. The van der Waals surface area contributed by atoms with E-state index in [1.54, 1.807) is 0 Å². The van der Waals surface area contributed by atoms with Crippen molar-refractivity contribution in [1.82, 2.24) is 9.80 Å². The molecule has 1 aromatic rings. The van der Waals surface area contributed by atoms with E-state index in [1.807, 2.05) is 0 Å². The van der Waals surface area contributed by atoms with Crippen molar-refractivity contribution in [2.45, 2.75) is 38.8 Å². The van der Waals surface area contributed by atoms with Crippen molar-refractivity contribution in [2.24, 2.45) is 0 Å². The Labute approximate surface area is 124 Å². The molecule has 1 unspecified atom stereocenters. The van der Waals surface area contributed by atoms with Crippen molar-refractivity contribution < 1.29 is 0 Å². The van der Waals surface area contributed by atoms with E-state index in [2.05, 4.69) is 60.4 Å². The molecule has 112 valence electrons. The zero-order chi connectivity index (χ0) is 14.4. The Morgan fingerprint density at radius 2 is 2.10 bits per heavy atom. The van der Waals surface area contributed by atoms with Crippen molar-refractivity contribution in [3.63, 3.8) is 0 Å². The summed E-state index contributed by atoms with van der Waals surface area (Å²) in [5.74, 6) is 0. The minimum Gasteiger partial charge on any atom is -0.382 e. The third-order valence-electron chi connectivity index (χ3n) is 4.06. The monoisotopic (exact) mass is 275 g/mol. The lowest BCUT2D eigenvalue weighted by molar-refractivity contribution is 0.300.